The maximum absolute atomic E-state index is 12.8. The van der Waals surface area contributed by atoms with Crippen molar-refractivity contribution in [3.05, 3.63) is 63.9 Å². The molecule has 8 heteroatoms. The topological polar surface area (TPSA) is 73.2 Å². The van der Waals surface area contributed by atoms with E-state index >= 15 is 0 Å². The van der Waals surface area contributed by atoms with Crippen LogP contribution in [0.4, 0.5) is 5.00 Å². The second-order valence-corrected chi connectivity index (χ2v) is 8.84. The number of thiophene rings is 1. The first kappa shape index (κ1) is 22.4. The number of nitrogens with one attached hydrogen (secondary N) is 1. The molecule has 1 aliphatic rings. The molecular weight excluding hydrogens is 428 g/mol. The number of hydrogen-bond donors (Lipinski definition) is 1. The first-order valence-corrected chi connectivity index (χ1v) is 11.3. The summed E-state index contributed by atoms with van der Waals surface area (Å²) in [5.74, 6) is 1.49. The van der Waals surface area contributed by atoms with Crippen LogP contribution in [0.25, 0.3) is 0 Å². The Bertz CT molecular complexity index is 1070. The predicted octanol–water partition coefficient (Wildman–Crippen LogP) is 4.65. The van der Waals surface area contributed by atoms with Gasteiger partial charge in [-0.1, -0.05) is 0 Å². The molecule has 1 aliphatic heterocycles. The molecule has 0 radical (unpaired) electrons. The molecule has 3 aromatic rings. The fourth-order valence-corrected chi connectivity index (χ4v) is 5.14. The number of furan rings is 1. The first-order valence-electron chi connectivity index (χ1n) is 10.5. The monoisotopic (exact) mass is 456 g/mol. The first-order chi connectivity index (χ1) is 15.5. The van der Waals surface area contributed by atoms with Crippen molar-refractivity contribution in [2.45, 2.75) is 19.9 Å². The number of carbonyl (C=O) groups is 1. The van der Waals surface area contributed by atoms with Gasteiger partial charge in [-0.25, -0.2) is 0 Å². The van der Waals surface area contributed by atoms with Gasteiger partial charge >= 0.3 is 0 Å². The van der Waals surface area contributed by atoms with E-state index in [0.717, 1.165) is 51.2 Å². The minimum atomic E-state index is -0.264. The summed E-state index contributed by atoms with van der Waals surface area (Å²) < 4.78 is 22.1. The molecule has 1 fully saturated rings. The number of anilines is 1. The Hall–Kier alpha value is -2.81. The van der Waals surface area contributed by atoms with E-state index in [1.165, 1.54) is 6.26 Å². The van der Waals surface area contributed by atoms with Gasteiger partial charge in [-0.15, -0.1) is 11.3 Å². The number of rotatable bonds is 7. The highest BCUT2D eigenvalue weighted by Crippen LogP contribution is 2.45. The Kier molecular flexibility index (Phi) is 6.83. The zero-order chi connectivity index (χ0) is 22.7. The lowest BCUT2D eigenvalue weighted by Crippen LogP contribution is -2.40. The van der Waals surface area contributed by atoms with E-state index in [1.807, 2.05) is 18.2 Å². The molecule has 4 rings (SSSR count). The second kappa shape index (κ2) is 9.77. The summed E-state index contributed by atoms with van der Waals surface area (Å²) >= 11 is 1.58. The molecule has 0 aliphatic carbocycles. The highest BCUT2D eigenvalue weighted by molar-refractivity contribution is 7.16. The number of methoxy groups -OCH3 is 2. The van der Waals surface area contributed by atoms with Gasteiger partial charge in [-0.2, -0.15) is 0 Å². The molecule has 7 nitrogen and oxygen atoms in total. The molecule has 1 N–H and O–H groups in total. The fraction of sp³-hybridized carbons (Fsp3) is 0.375. The Morgan fingerprint density at radius 1 is 1.16 bits per heavy atom. The highest BCUT2D eigenvalue weighted by Gasteiger charge is 2.32. The number of carbonyl (C=O) groups excluding carboxylic acids is 1. The van der Waals surface area contributed by atoms with E-state index in [-0.39, 0.29) is 17.7 Å². The van der Waals surface area contributed by atoms with Crippen molar-refractivity contribution in [2.75, 3.05) is 45.8 Å². The average Bonchev–Trinajstić information content (AvgIpc) is 3.45. The summed E-state index contributed by atoms with van der Waals surface area (Å²) in [6.07, 6.45) is 1.50. The molecule has 0 saturated carbocycles. The summed E-state index contributed by atoms with van der Waals surface area (Å²) in [4.78, 5) is 16.4. The van der Waals surface area contributed by atoms with Crippen molar-refractivity contribution in [1.82, 2.24) is 4.90 Å². The zero-order valence-corrected chi connectivity index (χ0v) is 19.6. The van der Waals surface area contributed by atoms with Crippen molar-refractivity contribution < 1.29 is 23.4 Å². The van der Waals surface area contributed by atoms with E-state index in [9.17, 15) is 4.79 Å². The third-order valence-electron chi connectivity index (χ3n) is 5.82. The van der Waals surface area contributed by atoms with Gasteiger partial charge in [0.2, 0.25) is 0 Å². The minimum Gasteiger partial charge on any atom is -0.497 e. The van der Waals surface area contributed by atoms with Gasteiger partial charge in [0.1, 0.15) is 16.5 Å². The lowest BCUT2D eigenvalue weighted by molar-refractivity contribution is 0.0236. The van der Waals surface area contributed by atoms with E-state index in [2.05, 4.69) is 24.1 Å². The number of amides is 1. The molecule has 1 atom stereocenters. The molecule has 1 saturated heterocycles. The molecule has 0 bridgehead atoms. The SMILES string of the molecule is COc1ccc([C@@H](c2c(NC(=O)c3ccco3)sc(C)c2C)N2CCOCC2)c(OC)c1. The molecular formula is C24H28N2O5S. The van der Waals surface area contributed by atoms with Crippen molar-refractivity contribution >= 4 is 22.2 Å². The average molecular weight is 457 g/mol. The van der Waals surface area contributed by atoms with Gasteiger partial charge in [0.05, 0.1) is 39.7 Å². The molecule has 1 aromatic carbocycles. The molecule has 2 aromatic heterocycles. The van der Waals surface area contributed by atoms with Crippen molar-refractivity contribution in [3.8, 4) is 11.5 Å². The number of benzene rings is 1. The van der Waals surface area contributed by atoms with Gasteiger partial charge < -0.3 is 23.9 Å². The molecule has 170 valence electrons. The van der Waals surface area contributed by atoms with Gasteiger partial charge in [-0.3, -0.25) is 9.69 Å². The number of ether oxygens (including phenoxy) is 3. The van der Waals surface area contributed by atoms with Gasteiger partial charge in [0.25, 0.3) is 5.91 Å². The standard InChI is InChI=1S/C24H28N2O5S/c1-15-16(2)32-24(25-23(27)19-6-5-11-31-19)21(15)22(26-9-12-30-13-10-26)18-8-7-17(28-3)14-20(18)29-4/h5-8,11,14,22H,9-10,12-13H2,1-4H3,(H,25,27)/t22-/m0/s1. The lowest BCUT2D eigenvalue weighted by atomic mass is 9.93. The quantitative estimate of drug-likeness (QED) is 0.558. The maximum atomic E-state index is 12.8. The van der Waals surface area contributed by atoms with Crippen molar-refractivity contribution in [1.29, 1.82) is 0 Å². The highest BCUT2D eigenvalue weighted by atomic mass is 32.1. The Balaban J connectivity index is 1.82. The Labute approximate surface area is 191 Å². The molecule has 3 heterocycles. The van der Waals surface area contributed by atoms with Crippen LogP contribution in [0.2, 0.25) is 0 Å². The summed E-state index contributed by atoms with van der Waals surface area (Å²) in [6, 6.07) is 9.15. The van der Waals surface area contributed by atoms with E-state index < -0.39 is 0 Å². The van der Waals surface area contributed by atoms with Crippen LogP contribution in [0.15, 0.2) is 41.0 Å². The summed E-state index contributed by atoms with van der Waals surface area (Å²) in [6.45, 7) is 7.05. The van der Waals surface area contributed by atoms with Crippen molar-refractivity contribution in [3.63, 3.8) is 0 Å². The van der Waals surface area contributed by atoms with Crippen LogP contribution in [0.3, 0.4) is 0 Å². The largest absolute Gasteiger partial charge is 0.497 e. The molecule has 1 amide bonds. The summed E-state index contributed by atoms with van der Waals surface area (Å²) in [5.41, 5.74) is 3.24. The Morgan fingerprint density at radius 2 is 1.94 bits per heavy atom. The third-order valence-corrected chi connectivity index (χ3v) is 6.96. The maximum Gasteiger partial charge on any atom is 0.291 e. The van der Waals surface area contributed by atoms with Crippen LogP contribution in [-0.2, 0) is 4.74 Å². The van der Waals surface area contributed by atoms with Crippen LogP contribution < -0.4 is 14.8 Å². The predicted molar refractivity (Wildman–Crippen MR) is 124 cm³/mol. The number of nitrogens with zero attached hydrogens (tertiary/aromatic N) is 1. The van der Waals surface area contributed by atoms with Crippen molar-refractivity contribution in [2.24, 2.45) is 0 Å². The third kappa shape index (κ3) is 4.39. The van der Waals surface area contributed by atoms with Gasteiger partial charge in [0, 0.05) is 35.2 Å². The number of hydrogen-bond acceptors (Lipinski definition) is 7. The second-order valence-electron chi connectivity index (χ2n) is 7.62. The summed E-state index contributed by atoms with van der Waals surface area (Å²) in [5, 5.41) is 3.90. The fourth-order valence-electron chi connectivity index (χ4n) is 4.05. The van der Waals surface area contributed by atoms with Gasteiger partial charge in [-0.05, 0) is 43.7 Å². The molecule has 0 spiro atoms. The van der Waals surface area contributed by atoms with Crippen LogP contribution in [0.1, 0.15) is 38.2 Å². The van der Waals surface area contributed by atoms with Crippen LogP contribution in [-0.4, -0.2) is 51.3 Å². The Morgan fingerprint density at radius 3 is 2.59 bits per heavy atom. The van der Waals surface area contributed by atoms with Crippen LogP contribution in [0.5, 0.6) is 11.5 Å². The number of morpholine rings is 1. The normalized spacial score (nSPS) is 15.4. The molecule has 32 heavy (non-hydrogen) atoms. The smallest absolute Gasteiger partial charge is 0.291 e. The zero-order valence-electron chi connectivity index (χ0n) is 18.8. The van der Waals surface area contributed by atoms with Crippen LogP contribution >= 0.6 is 11.3 Å². The van der Waals surface area contributed by atoms with E-state index in [1.54, 1.807) is 37.7 Å². The lowest BCUT2D eigenvalue weighted by Gasteiger charge is -2.36. The van der Waals surface area contributed by atoms with E-state index in [0.29, 0.717) is 13.2 Å². The molecule has 0 unspecified atom stereocenters. The van der Waals surface area contributed by atoms with E-state index in [4.69, 9.17) is 18.6 Å². The minimum absolute atomic E-state index is 0.114. The number of aryl methyl sites for hydroxylation is 1. The van der Waals surface area contributed by atoms with Gasteiger partial charge in [0.15, 0.2) is 5.76 Å². The summed E-state index contributed by atoms with van der Waals surface area (Å²) in [7, 11) is 3.31. The van der Waals surface area contributed by atoms with Crippen LogP contribution in [0, 0.1) is 13.8 Å².